The zero-order valence-electron chi connectivity index (χ0n) is 7.28. The van der Waals surface area contributed by atoms with Gasteiger partial charge in [0, 0.05) is 11.5 Å². The van der Waals surface area contributed by atoms with E-state index in [1.165, 1.54) is 12.4 Å². The Morgan fingerprint density at radius 3 is 2.87 bits per heavy atom. The molecule has 7 heteroatoms. The van der Waals surface area contributed by atoms with Crippen LogP contribution in [0.2, 0.25) is 5.15 Å². The van der Waals surface area contributed by atoms with E-state index < -0.39 is 5.82 Å². The van der Waals surface area contributed by atoms with Gasteiger partial charge in [0.05, 0.1) is 5.52 Å². The van der Waals surface area contributed by atoms with Gasteiger partial charge in [0.1, 0.15) is 11.5 Å². The molecule has 78 valence electrons. The molecule has 15 heavy (non-hydrogen) atoms. The normalized spacial score (nSPS) is 10.6. The molecule has 0 aliphatic rings. The van der Waals surface area contributed by atoms with E-state index in [2.05, 4.69) is 25.7 Å². The number of aromatic nitrogens is 2. The molecule has 0 saturated carbocycles. The molecule has 0 unspecified atom stereocenters. The predicted octanol–water partition coefficient (Wildman–Crippen LogP) is 1.61. The van der Waals surface area contributed by atoms with Gasteiger partial charge in [-0.15, -0.1) is 0 Å². The van der Waals surface area contributed by atoms with Gasteiger partial charge < -0.3 is 4.89 Å². The fraction of sp³-hybridized carbons (Fsp3) is 0. The topological polar surface area (TPSA) is 70.3 Å². The number of hydrogen-bond acceptors (Lipinski definition) is 5. The maximum atomic E-state index is 13.3. The van der Waals surface area contributed by atoms with E-state index in [0.717, 1.165) is 6.07 Å². The molecule has 1 heterocycles. The monoisotopic (exact) mass is 229 g/mol. The van der Waals surface area contributed by atoms with E-state index in [1.54, 1.807) is 0 Å². The van der Waals surface area contributed by atoms with Gasteiger partial charge >= 0.3 is 0 Å². The molecule has 0 fully saturated rings. The summed E-state index contributed by atoms with van der Waals surface area (Å²) in [6.45, 7) is 0. The van der Waals surface area contributed by atoms with Crippen molar-refractivity contribution < 1.29 is 14.3 Å². The second kappa shape index (κ2) is 3.93. The van der Waals surface area contributed by atoms with Crippen LogP contribution in [0, 0.1) is 5.82 Å². The first-order valence-corrected chi connectivity index (χ1v) is 4.23. The molecule has 5 nitrogen and oxygen atoms in total. The molecule has 1 aromatic heterocycles. The molecular formula is C8H5ClFN3O2. The average Bonchev–Trinajstić information content (AvgIpc) is 2.21. The summed E-state index contributed by atoms with van der Waals surface area (Å²) in [4.78, 5) is 15.8. The molecule has 0 radical (unpaired) electrons. The lowest BCUT2D eigenvalue weighted by Gasteiger charge is -2.04. The summed E-state index contributed by atoms with van der Waals surface area (Å²) >= 11 is 5.78. The minimum absolute atomic E-state index is 0.179. The van der Waals surface area contributed by atoms with Crippen molar-refractivity contribution in [3.8, 4) is 5.75 Å². The van der Waals surface area contributed by atoms with Gasteiger partial charge in [-0.3, -0.25) is 0 Å². The van der Waals surface area contributed by atoms with E-state index >= 15 is 0 Å². The molecular weight excluding hydrogens is 225 g/mol. The number of nitrogens with two attached hydrogens (primary N) is 1. The fourth-order valence-electron chi connectivity index (χ4n) is 1.14. The van der Waals surface area contributed by atoms with E-state index in [-0.39, 0.29) is 10.9 Å². The number of nitrogens with zero attached hydrogens (tertiary/aromatic N) is 2. The first kappa shape index (κ1) is 10.0. The van der Waals surface area contributed by atoms with Crippen LogP contribution in [0.4, 0.5) is 4.39 Å². The Balaban J connectivity index is 2.66. The van der Waals surface area contributed by atoms with Crippen LogP contribution in [0.1, 0.15) is 0 Å². The minimum Gasteiger partial charge on any atom is -0.316 e. The summed E-state index contributed by atoms with van der Waals surface area (Å²) in [7, 11) is 0. The van der Waals surface area contributed by atoms with Gasteiger partial charge in [-0.25, -0.2) is 14.4 Å². The summed E-state index contributed by atoms with van der Waals surface area (Å²) in [5, 5.41) is 0.648. The van der Waals surface area contributed by atoms with Crippen LogP contribution in [0.15, 0.2) is 18.5 Å². The third-order valence-corrected chi connectivity index (χ3v) is 2.08. The Labute approximate surface area is 88.5 Å². The van der Waals surface area contributed by atoms with Crippen molar-refractivity contribution >= 4 is 22.5 Å². The quantitative estimate of drug-likeness (QED) is 0.481. The number of fused-ring (bicyclic) bond motifs is 1. The number of benzene rings is 1. The van der Waals surface area contributed by atoms with Crippen LogP contribution in [-0.2, 0) is 4.99 Å². The Kier molecular flexibility index (Phi) is 2.63. The van der Waals surface area contributed by atoms with Gasteiger partial charge in [-0.2, -0.15) is 5.90 Å². The third kappa shape index (κ3) is 1.82. The second-order valence-corrected chi connectivity index (χ2v) is 3.00. The third-order valence-electron chi connectivity index (χ3n) is 1.78. The molecule has 2 N–H and O–H groups in total. The van der Waals surface area contributed by atoms with Crippen LogP contribution in [-0.4, -0.2) is 9.97 Å². The standard InChI is InChI=1S/C8H5ClFN3O2/c9-8-4-1-7(14-15-11)5(10)2-6(4)12-3-13-8/h1-3H,11H2. The predicted molar refractivity (Wildman–Crippen MR) is 50.4 cm³/mol. The van der Waals surface area contributed by atoms with Gasteiger partial charge in [-0.1, -0.05) is 16.6 Å². The highest BCUT2D eigenvalue weighted by Gasteiger charge is 2.10. The van der Waals surface area contributed by atoms with Gasteiger partial charge in [0.2, 0.25) is 5.75 Å². The van der Waals surface area contributed by atoms with Crippen molar-refractivity contribution in [2.75, 3.05) is 0 Å². The van der Waals surface area contributed by atoms with Crippen LogP contribution < -0.4 is 10.8 Å². The number of halogens is 2. The van der Waals surface area contributed by atoms with Crippen molar-refractivity contribution in [3.05, 3.63) is 29.4 Å². The molecule has 0 bridgehead atoms. The van der Waals surface area contributed by atoms with E-state index in [4.69, 9.17) is 11.6 Å². The second-order valence-electron chi connectivity index (χ2n) is 2.64. The average molecular weight is 230 g/mol. The lowest BCUT2D eigenvalue weighted by atomic mass is 10.2. The molecule has 0 atom stereocenters. The summed E-state index contributed by atoms with van der Waals surface area (Å²) in [6.07, 6.45) is 1.24. The summed E-state index contributed by atoms with van der Waals surface area (Å²) < 4.78 is 13.3. The SMILES string of the molecule is NOOc1cc2c(Cl)ncnc2cc1F. The highest BCUT2D eigenvalue weighted by Crippen LogP contribution is 2.27. The van der Waals surface area contributed by atoms with Crippen molar-refractivity contribution in [1.82, 2.24) is 9.97 Å². The lowest BCUT2D eigenvalue weighted by Crippen LogP contribution is -2.04. The van der Waals surface area contributed by atoms with E-state index in [0.29, 0.717) is 10.9 Å². The Morgan fingerprint density at radius 2 is 2.13 bits per heavy atom. The zero-order valence-corrected chi connectivity index (χ0v) is 8.03. The molecule has 1 aromatic carbocycles. The highest BCUT2D eigenvalue weighted by molar-refractivity contribution is 6.34. The van der Waals surface area contributed by atoms with Crippen molar-refractivity contribution in [3.63, 3.8) is 0 Å². The van der Waals surface area contributed by atoms with Crippen molar-refractivity contribution in [1.29, 1.82) is 0 Å². The zero-order chi connectivity index (χ0) is 10.8. The molecule has 0 aliphatic carbocycles. The maximum absolute atomic E-state index is 13.3. The number of hydrogen-bond donors (Lipinski definition) is 1. The van der Waals surface area contributed by atoms with E-state index in [1.807, 2.05) is 0 Å². The van der Waals surface area contributed by atoms with Crippen LogP contribution in [0.5, 0.6) is 5.75 Å². The molecule has 2 aromatic rings. The van der Waals surface area contributed by atoms with Crippen LogP contribution in [0.25, 0.3) is 10.9 Å². The van der Waals surface area contributed by atoms with Crippen molar-refractivity contribution in [2.24, 2.45) is 5.90 Å². The van der Waals surface area contributed by atoms with Crippen LogP contribution >= 0.6 is 11.6 Å². The lowest BCUT2D eigenvalue weighted by molar-refractivity contribution is -0.213. The highest BCUT2D eigenvalue weighted by atomic mass is 35.5. The van der Waals surface area contributed by atoms with Crippen molar-refractivity contribution in [2.45, 2.75) is 0 Å². The molecule has 0 saturated heterocycles. The first-order valence-electron chi connectivity index (χ1n) is 3.85. The van der Waals surface area contributed by atoms with Gasteiger partial charge in [0.25, 0.3) is 0 Å². The molecule has 0 amide bonds. The summed E-state index contributed by atoms with van der Waals surface area (Å²) in [5.74, 6) is 3.83. The Hall–Kier alpha value is -1.50. The summed E-state index contributed by atoms with van der Waals surface area (Å²) in [5.41, 5.74) is 0.372. The van der Waals surface area contributed by atoms with Crippen LogP contribution in [0.3, 0.4) is 0 Å². The summed E-state index contributed by atoms with van der Waals surface area (Å²) in [6, 6.07) is 2.46. The molecule has 0 aliphatic heterocycles. The molecule has 2 rings (SSSR count). The Morgan fingerprint density at radius 1 is 1.33 bits per heavy atom. The largest absolute Gasteiger partial charge is 0.316 e. The van der Waals surface area contributed by atoms with E-state index in [9.17, 15) is 4.39 Å². The number of rotatable bonds is 2. The minimum atomic E-state index is -0.650. The smallest absolute Gasteiger partial charge is 0.203 e. The first-order chi connectivity index (χ1) is 7.22. The van der Waals surface area contributed by atoms with Gasteiger partial charge in [0.15, 0.2) is 5.82 Å². The Bertz CT molecular complexity index is 508. The molecule has 0 spiro atoms. The van der Waals surface area contributed by atoms with Gasteiger partial charge in [-0.05, 0) is 6.07 Å². The fourth-order valence-corrected chi connectivity index (χ4v) is 1.34. The maximum Gasteiger partial charge on any atom is 0.203 e.